The number of carbonyl (C=O) groups is 1. The van der Waals surface area contributed by atoms with E-state index in [1.54, 1.807) is 35.2 Å². The van der Waals surface area contributed by atoms with Gasteiger partial charge < -0.3 is 9.88 Å². The molecule has 0 aliphatic rings. The summed E-state index contributed by atoms with van der Waals surface area (Å²) < 4.78 is 0.678. The molecule has 3 rings (SSSR count). The summed E-state index contributed by atoms with van der Waals surface area (Å²) in [5, 5.41) is 0.537. The molecule has 1 amide bonds. The SMILES string of the molecule is CCN(Cc1nc2ccccc2c(=O)[nH]1)C(=O)/C=C/c1ccc(Cl)s1. The lowest BCUT2D eigenvalue weighted by Crippen LogP contribution is -2.30. The van der Waals surface area contributed by atoms with Gasteiger partial charge in [-0.25, -0.2) is 4.98 Å². The Labute approximate surface area is 153 Å². The Bertz CT molecular complexity index is 993. The number of H-pyrrole nitrogens is 1. The number of nitrogens with one attached hydrogen (secondary N) is 1. The number of aromatic amines is 1. The Balaban J connectivity index is 1.78. The van der Waals surface area contributed by atoms with Crippen molar-refractivity contribution < 1.29 is 4.79 Å². The van der Waals surface area contributed by atoms with Crippen molar-refractivity contribution in [3.8, 4) is 0 Å². The molecule has 0 saturated carbocycles. The molecule has 0 radical (unpaired) electrons. The smallest absolute Gasteiger partial charge is 0.258 e. The lowest BCUT2D eigenvalue weighted by Gasteiger charge is -2.18. The highest BCUT2D eigenvalue weighted by Gasteiger charge is 2.12. The quantitative estimate of drug-likeness (QED) is 0.693. The van der Waals surface area contributed by atoms with E-state index in [9.17, 15) is 9.59 Å². The van der Waals surface area contributed by atoms with Crippen molar-refractivity contribution in [1.29, 1.82) is 0 Å². The second-order valence-electron chi connectivity index (χ2n) is 5.36. The number of para-hydroxylation sites is 1. The van der Waals surface area contributed by atoms with Crippen LogP contribution >= 0.6 is 22.9 Å². The molecule has 5 nitrogen and oxygen atoms in total. The first-order valence-corrected chi connectivity index (χ1v) is 8.96. The number of thiophene rings is 1. The normalized spacial score (nSPS) is 11.3. The average molecular weight is 374 g/mol. The zero-order valence-electron chi connectivity index (χ0n) is 13.5. The molecule has 0 fully saturated rings. The molecule has 7 heteroatoms. The summed E-state index contributed by atoms with van der Waals surface area (Å²) in [7, 11) is 0. The molecule has 2 heterocycles. The predicted molar refractivity (Wildman–Crippen MR) is 102 cm³/mol. The van der Waals surface area contributed by atoms with Gasteiger partial charge in [-0.05, 0) is 37.3 Å². The molecule has 25 heavy (non-hydrogen) atoms. The van der Waals surface area contributed by atoms with Gasteiger partial charge in [-0.15, -0.1) is 11.3 Å². The summed E-state index contributed by atoms with van der Waals surface area (Å²) in [6.45, 7) is 2.63. The summed E-state index contributed by atoms with van der Waals surface area (Å²) in [5.41, 5.74) is 0.418. The van der Waals surface area contributed by atoms with Crippen molar-refractivity contribution in [2.75, 3.05) is 6.54 Å². The van der Waals surface area contributed by atoms with Crippen molar-refractivity contribution in [2.45, 2.75) is 13.5 Å². The molecule has 128 valence electrons. The van der Waals surface area contributed by atoms with Crippen LogP contribution in [0, 0.1) is 0 Å². The Morgan fingerprint density at radius 1 is 1.32 bits per heavy atom. The second kappa shape index (κ2) is 7.63. The van der Waals surface area contributed by atoms with Crippen LogP contribution in [0.5, 0.6) is 0 Å². The lowest BCUT2D eigenvalue weighted by molar-refractivity contribution is -0.126. The minimum Gasteiger partial charge on any atom is -0.332 e. The third-order valence-corrected chi connectivity index (χ3v) is 4.88. The number of fused-ring (bicyclic) bond motifs is 1. The van der Waals surface area contributed by atoms with Gasteiger partial charge in [-0.3, -0.25) is 9.59 Å². The number of rotatable bonds is 5. The molecule has 0 spiro atoms. The van der Waals surface area contributed by atoms with Gasteiger partial charge in [0.05, 0.1) is 21.8 Å². The van der Waals surface area contributed by atoms with Crippen LogP contribution in [0.1, 0.15) is 17.6 Å². The molecule has 0 saturated heterocycles. The molecule has 2 aromatic heterocycles. The van der Waals surface area contributed by atoms with Gasteiger partial charge >= 0.3 is 0 Å². The zero-order chi connectivity index (χ0) is 17.8. The summed E-state index contributed by atoms with van der Waals surface area (Å²) >= 11 is 7.29. The van der Waals surface area contributed by atoms with E-state index in [-0.39, 0.29) is 18.0 Å². The third kappa shape index (κ3) is 4.15. The summed E-state index contributed by atoms with van der Waals surface area (Å²) in [6.07, 6.45) is 3.24. The van der Waals surface area contributed by atoms with Crippen LogP contribution < -0.4 is 5.56 Å². The van der Waals surface area contributed by atoms with Crippen molar-refractivity contribution >= 4 is 45.8 Å². The van der Waals surface area contributed by atoms with Crippen LogP contribution in [0.3, 0.4) is 0 Å². The molecule has 3 aromatic rings. The number of amides is 1. The fourth-order valence-electron chi connectivity index (χ4n) is 2.41. The van der Waals surface area contributed by atoms with Gasteiger partial charge in [0.1, 0.15) is 5.82 Å². The maximum Gasteiger partial charge on any atom is 0.258 e. The minimum atomic E-state index is -0.201. The van der Waals surface area contributed by atoms with E-state index in [0.717, 1.165) is 4.88 Å². The van der Waals surface area contributed by atoms with E-state index >= 15 is 0 Å². The fourth-order valence-corrected chi connectivity index (χ4v) is 3.38. The summed E-state index contributed by atoms with van der Waals surface area (Å²) in [5.74, 6) is 0.314. The Kier molecular flexibility index (Phi) is 5.31. The standard InChI is InChI=1S/C18H16ClN3O2S/c1-2-22(17(23)10-8-12-7-9-15(19)25-12)11-16-20-14-6-4-3-5-13(14)18(24)21-16/h3-10H,2,11H2,1H3,(H,20,21,24)/b10-8+. The molecule has 0 atom stereocenters. The number of benzene rings is 1. The number of hydrogen-bond acceptors (Lipinski definition) is 4. The van der Waals surface area contributed by atoms with Crippen LogP contribution in [0.4, 0.5) is 0 Å². The molecular formula is C18H16ClN3O2S. The zero-order valence-corrected chi connectivity index (χ0v) is 15.1. The van der Waals surface area contributed by atoms with Crippen LogP contribution in [0.15, 0.2) is 47.3 Å². The topological polar surface area (TPSA) is 66.1 Å². The first-order valence-electron chi connectivity index (χ1n) is 7.77. The van der Waals surface area contributed by atoms with Crippen LogP contribution in [0.25, 0.3) is 17.0 Å². The van der Waals surface area contributed by atoms with E-state index in [4.69, 9.17) is 11.6 Å². The number of aromatic nitrogens is 2. The Morgan fingerprint density at radius 3 is 2.84 bits per heavy atom. The van der Waals surface area contributed by atoms with Gasteiger partial charge in [0, 0.05) is 17.5 Å². The highest BCUT2D eigenvalue weighted by atomic mass is 35.5. The maximum absolute atomic E-state index is 12.4. The lowest BCUT2D eigenvalue weighted by atomic mass is 10.2. The molecule has 0 bridgehead atoms. The van der Waals surface area contributed by atoms with E-state index in [1.807, 2.05) is 19.1 Å². The van der Waals surface area contributed by atoms with Crippen molar-refractivity contribution in [1.82, 2.24) is 14.9 Å². The summed E-state index contributed by atoms with van der Waals surface area (Å²) in [6, 6.07) is 10.8. The van der Waals surface area contributed by atoms with Gasteiger partial charge in [-0.1, -0.05) is 23.7 Å². The van der Waals surface area contributed by atoms with Crippen LogP contribution in [-0.2, 0) is 11.3 Å². The average Bonchev–Trinajstić information content (AvgIpc) is 3.03. The second-order valence-corrected chi connectivity index (χ2v) is 7.10. The van der Waals surface area contributed by atoms with E-state index in [0.29, 0.717) is 27.6 Å². The van der Waals surface area contributed by atoms with Gasteiger partial charge in [-0.2, -0.15) is 0 Å². The molecule has 0 aliphatic heterocycles. The first kappa shape index (κ1) is 17.4. The maximum atomic E-state index is 12.4. The van der Waals surface area contributed by atoms with E-state index in [2.05, 4.69) is 9.97 Å². The van der Waals surface area contributed by atoms with Gasteiger partial charge in [0.15, 0.2) is 0 Å². The highest BCUT2D eigenvalue weighted by Crippen LogP contribution is 2.22. The van der Waals surface area contributed by atoms with Crippen LogP contribution in [0.2, 0.25) is 4.34 Å². The van der Waals surface area contributed by atoms with Crippen molar-refractivity contribution in [2.24, 2.45) is 0 Å². The number of nitrogens with zero attached hydrogens (tertiary/aromatic N) is 2. The largest absolute Gasteiger partial charge is 0.332 e. The molecule has 0 aliphatic carbocycles. The minimum absolute atomic E-state index is 0.150. The molecule has 0 unspecified atom stereocenters. The third-order valence-electron chi connectivity index (χ3n) is 3.68. The fraction of sp³-hybridized carbons (Fsp3) is 0.167. The molecule has 1 N–H and O–H groups in total. The number of hydrogen-bond donors (Lipinski definition) is 1. The number of carbonyl (C=O) groups excluding carboxylic acids is 1. The van der Waals surface area contributed by atoms with Crippen molar-refractivity contribution in [3.63, 3.8) is 0 Å². The van der Waals surface area contributed by atoms with Crippen molar-refractivity contribution in [3.05, 3.63) is 67.9 Å². The monoisotopic (exact) mass is 373 g/mol. The molecular weight excluding hydrogens is 358 g/mol. The van der Waals surface area contributed by atoms with Crippen LogP contribution in [-0.4, -0.2) is 27.3 Å². The number of halogens is 1. The Morgan fingerprint density at radius 2 is 2.12 bits per heavy atom. The Hall–Kier alpha value is -2.44. The van der Waals surface area contributed by atoms with Gasteiger partial charge in [0.25, 0.3) is 5.56 Å². The number of likely N-dealkylation sites (N-methyl/N-ethyl adjacent to an activating group) is 1. The molecule has 1 aromatic carbocycles. The van der Waals surface area contributed by atoms with E-state index in [1.165, 1.54) is 17.4 Å². The predicted octanol–water partition coefficient (Wildman–Crippen LogP) is 3.70. The van der Waals surface area contributed by atoms with E-state index < -0.39 is 0 Å². The first-order chi connectivity index (χ1) is 12.1. The summed E-state index contributed by atoms with van der Waals surface area (Å²) in [4.78, 5) is 34.2. The van der Waals surface area contributed by atoms with Gasteiger partial charge in [0.2, 0.25) is 5.91 Å². The highest BCUT2D eigenvalue weighted by molar-refractivity contribution is 7.17.